The molecule has 20 heavy (non-hydrogen) atoms. The average Bonchev–Trinajstić information content (AvgIpc) is 2.74. The number of benzene rings is 1. The van der Waals surface area contributed by atoms with Gasteiger partial charge in [0.05, 0.1) is 6.04 Å². The van der Waals surface area contributed by atoms with Crippen molar-refractivity contribution in [2.75, 3.05) is 6.54 Å². The molecule has 1 aromatic carbocycles. The van der Waals surface area contributed by atoms with Crippen LogP contribution in [0, 0.1) is 17.6 Å². The first-order valence-electron chi connectivity index (χ1n) is 7.01. The van der Waals surface area contributed by atoms with Gasteiger partial charge in [0.25, 0.3) is 0 Å². The highest BCUT2D eigenvalue weighted by atomic mass is 19.1. The number of nitrogens with zero attached hydrogens (tertiary/aromatic N) is 1. The molecule has 0 radical (unpaired) electrons. The van der Waals surface area contributed by atoms with Crippen LogP contribution >= 0.6 is 0 Å². The van der Waals surface area contributed by atoms with Crippen LogP contribution in [0.2, 0.25) is 0 Å². The maximum atomic E-state index is 13.9. The van der Waals surface area contributed by atoms with E-state index in [0.29, 0.717) is 12.1 Å². The van der Waals surface area contributed by atoms with E-state index in [0.717, 1.165) is 12.5 Å². The van der Waals surface area contributed by atoms with E-state index >= 15 is 0 Å². The van der Waals surface area contributed by atoms with Crippen molar-refractivity contribution in [3.8, 4) is 0 Å². The Balaban J connectivity index is 2.33. The SMILES string of the molecule is CCC(C)C1NC(c2ccc(F)cc2F)N(CC)C1=O. The van der Waals surface area contributed by atoms with Crippen molar-refractivity contribution in [1.29, 1.82) is 0 Å². The van der Waals surface area contributed by atoms with Gasteiger partial charge in [0, 0.05) is 18.2 Å². The van der Waals surface area contributed by atoms with Gasteiger partial charge in [-0.25, -0.2) is 8.78 Å². The van der Waals surface area contributed by atoms with Gasteiger partial charge in [-0.3, -0.25) is 10.1 Å². The Bertz CT molecular complexity index is 507. The molecule has 1 aromatic rings. The van der Waals surface area contributed by atoms with Gasteiger partial charge in [0.15, 0.2) is 0 Å². The molecule has 1 saturated heterocycles. The standard InChI is InChI=1S/C15H20F2N2O/c1-4-9(3)13-15(20)19(5-2)14(18-13)11-7-6-10(16)8-12(11)17/h6-9,13-14,18H,4-5H2,1-3H3. The minimum Gasteiger partial charge on any atom is -0.322 e. The van der Waals surface area contributed by atoms with E-state index in [1.807, 2.05) is 20.8 Å². The summed E-state index contributed by atoms with van der Waals surface area (Å²) < 4.78 is 26.9. The molecule has 2 rings (SSSR count). The zero-order valence-corrected chi connectivity index (χ0v) is 12.0. The largest absolute Gasteiger partial charge is 0.322 e. The van der Waals surface area contributed by atoms with E-state index in [-0.39, 0.29) is 17.9 Å². The molecule has 110 valence electrons. The Morgan fingerprint density at radius 2 is 2.05 bits per heavy atom. The van der Waals surface area contributed by atoms with Gasteiger partial charge in [0.2, 0.25) is 5.91 Å². The summed E-state index contributed by atoms with van der Waals surface area (Å²) >= 11 is 0. The maximum absolute atomic E-state index is 13.9. The fourth-order valence-electron chi connectivity index (χ4n) is 2.60. The van der Waals surface area contributed by atoms with Crippen molar-refractivity contribution in [3.63, 3.8) is 0 Å². The summed E-state index contributed by atoms with van der Waals surface area (Å²) in [5.41, 5.74) is 0.312. The number of rotatable bonds is 4. The Morgan fingerprint density at radius 3 is 2.60 bits per heavy atom. The zero-order chi connectivity index (χ0) is 14.9. The number of likely N-dealkylation sites (N-methyl/N-ethyl adjacent to an activating group) is 1. The fraction of sp³-hybridized carbons (Fsp3) is 0.533. The number of carbonyl (C=O) groups excluding carboxylic acids is 1. The summed E-state index contributed by atoms with van der Waals surface area (Å²) in [4.78, 5) is 14.0. The molecule has 0 spiro atoms. The van der Waals surface area contributed by atoms with Crippen molar-refractivity contribution < 1.29 is 13.6 Å². The van der Waals surface area contributed by atoms with Gasteiger partial charge < -0.3 is 4.90 Å². The Kier molecular flexibility index (Phi) is 4.38. The second-order valence-electron chi connectivity index (χ2n) is 5.22. The van der Waals surface area contributed by atoms with Crippen LogP contribution in [0.15, 0.2) is 18.2 Å². The minimum absolute atomic E-state index is 0.0180. The van der Waals surface area contributed by atoms with Gasteiger partial charge in [-0.15, -0.1) is 0 Å². The van der Waals surface area contributed by atoms with E-state index in [2.05, 4.69) is 5.32 Å². The first-order chi connectivity index (χ1) is 9.49. The fourth-order valence-corrected chi connectivity index (χ4v) is 2.60. The summed E-state index contributed by atoms with van der Waals surface area (Å²) in [7, 11) is 0. The maximum Gasteiger partial charge on any atom is 0.241 e. The zero-order valence-electron chi connectivity index (χ0n) is 12.0. The predicted molar refractivity (Wildman–Crippen MR) is 72.9 cm³/mol. The number of amides is 1. The van der Waals surface area contributed by atoms with Crippen LogP contribution in [0.25, 0.3) is 0 Å². The van der Waals surface area contributed by atoms with Crippen molar-refractivity contribution in [2.45, 2.75) is 39.4 Å². The van der Waals surface area contributed by atoms with E-state index in [9.17, 15) is 13.6 Å². The summed E-state index contributed by atoms with van der Waals surface area (Å²) in [6, 6.07) is 3.16. The number of hydrogen-bond donors (Lipinski definition) is 1. The van der Waals surface area contributed by atoms with Crippen molar-refractivity contribution >= 4 is 5.91 Å². The van der Waals surface area contributed by atoms with Gasteiger partial charge in [-0.1, -0.05) is 20.3 Å². The third kappa shape index (κ3) is 2.54. The van der Waals surface area contributed by atoms with Crippen LogP contribution in [0.4, 0.5) is 8.78 Å². The summed E-state index contributed by atoms with van der Waals surface area (Å²) in [6.07, 6.45) is 0.339. The second-order valence-corrected chi connectivity index (χ2v) is 5.22. The summed E-state index contributed by atoms with van der Waals surface area (Å²) in [6.45, 7) is 6.35. The van der Waals surface area contributed by atoms with Crippen molar-refractivity contribution in [1.82, 2.24) is 10.2 Å². The van der Waals surface area contributed by atoms with Crippen molar-refractivity contribution in [2.24, 2.45) is 5.92 Å². The lowest BCUT2D eigenvalue weighted by atomic mass is 9.99. The van der Waals surface area contributed by atoms with E-state index in [1.165, 1.54) is 12.1 Å². The summed E-state index contributed by atoms with van der Waals surface area (Å²) in [5, 5.41) is 3.18. The average molecular weight is 282 g/mol. The highest BCUT2D eigenvalue weighted by Crippen LogP contribution is 2.30. The normalized spacial score (nSPS) is 24.2. The summed E-state index contributed by atoms with van der Waals surface area (Å²) in [5.74, 6) is -1.09. The van der Waals surface area contributed by atoms with Crippen LogP contribution in [0.1, 0.15) is 38.9 Å². The van der Waals surface area contributed by atoms with E-state index in [4.69, 9.17) is 0 Å². The first kappa shape index (κ1) is 14.9. The van der Waals surface area contributed by atoms with Crippen molar-refractivity contribution in [3.05, 3.63) is 35.4 Å². The van der Waals surface area contributed by atoms with E-state index in [1.54, 1.807) is 4.90 Å². The highest BCUT2D eigenvalue weighted by Gasteiger charge is 2.41. The lowest BCUT2D eigenvalue weighted by Crippen LogP contribution is -2.35. The lowest BCUT2D eigenvalue weighted by molar-refractivity contribution is -0.130. The third-order valence-electron chi connectivity index (χ3n) is 4.01. The number of carbonyl (C=O) groups is 1. The molecule has 1 aliphatic heterocycles. The van der Waals surface area contributed by atoms with Gasteiger partial charge in [-0.2, -0.15) is 0 Å². The predicted octanol–water partition coefficient (Wildman–Crippen LogP) is 2.83. The Labute approximate surface area is 118 Å². The highest BCUT2D eigenvalue weighted by molar-refractivity contribution is 5.84. The van der Waals surface area contributed by atoms with Gasteiger partial charge >= 0.3 is 0 Å². The number of halogens is 2. The molecule has 1 heterocycles. The monoisotopic (exact) mass is 282 g/mol. The molecule has 3 atom stereocenters. The molecule has 1 fully saturated rings. The lowest BCUT2D eigenvalue weighted by Gasteiger charge is -2.23. The van der Waals surface area contributed by atoms with Crippen LogP contribution in [-0.2, 0) is 4.79 Å². The first-order valence-corrected chi connectivity index (χ1v) is 7.01. The van der Waals surface area contributed by atoms with Crippen LogP contribution < -0.4 is 5.32 Å². The van der Waals surface area contributed by atoms with Gasteiger partial charge in [-0.05, 0) is 25.0 Å². The van der Waals surface area contributed by atoms with Crippen LogP contribution in [-0.4, -0.2) is 23.4 Å². The van der Waals surface area contributed by atoms with E-state index < -0.39 is 17.8 Å². The molecule has 0 bridgehead atoms. The molecule has 1 N–H and O–H groups in total. The molecule has 3 nitrogen and oxygen atoms in total. The minimum atomic E-state index is -0.626. The number of hydrogen-bond acceptors (Lipinski definition) is 2. The molecule has 0 saturated carbocycles. The van der Waals surface area contributed by atoms with Crippen LogP contribution in [0.5, 0.6) is 0 Å². The van der Waals surface area contributed by atoms with Gasteiger partial charge in [0.1, 0.15) is 17.8 Å². The topological polar surface area (TPSA) is 32.3 Å². The Morgan fingerprint density at radius 1 is 1.35 bits per heavy atom. The third-order valence-corrected chi connectivity index (χ3v) is 4.01. The number of nitrogens with one attached hydrogen (secondary N) is 1. The second kappa shape index (κ2) is 5.87. The molecule has 0 aromatic heterocycles. The molecular weight excluding hydrogens is 262 g/mol. The molecule has 1 amide bonds. The molecule has 5 heteroatoms. The molecular formula is C15H20F2N2O. The molecule has 1 aliphatic rings. The Hall–Kier alpha value is -1.49. The smallest absolute Gasteiger partial charge is 0.241 e. The molecule has 0 aliphatic carbocycles. The van der Waals surface area contributed by atoms with Crippen LogP contribution in [0.3, 0.4) is 0 Å². The quantitative estimate of drug-likeness (QED) is 0.921. The molecule has 3 unspecified atom stereocenters.